The summed E-state index contributed by atoms with van der Waals surface area (Å²) in [5.74, 6) is -0.547. The first kappa shape index (κ1) is 99.7. The number of ether oxygens (including phenoxy) is 1. The normalized spacial score (nSPS) is 11.2. The molecule has 9 N–H and O–H groups in total. The van der Waals surface area contributed by atoms with Crippen molar-refractivity contribution in [3.8, 4) is 61.8 Å². The number of hydrogen-bond acceptors (Lipinski definition) is 13. The number of nitrogens with zero attached hydrogens (tertiary/aromatic N) is 7. The highest BCUT2D eigenvalue weighted by Gasteiger charge is 2.33. The predicted molar refractivity (Wildman–Crippen MR) is 543 cm³/mol. The second kappa shape index (κ2) is 44.8. The molecule has 0 aliphatic rings. The van der Waals surface area contributed by atoms with Crippen molar-refractivity contribution < 1.29 is 68.2 Å². The van der Waals surface area contributed by atoms with Gasteiger partial charge in [-0.05, 0) is 300 Å². The van der Waals surface area contributed by atoms with E-state index in [1.165, 1.54) is 53.7 Å². The van der Waals surface area contributed by atoms with E-state index < -0.39 is 52.9 Å². The fraction of sp³-hybridized carbons (Fsp3) is 0.125. The number of pyridine rings is 4. The van der Waals surface area contributed by atoms with Crippen molar-refractivity contribution in [2.45, 2.75) is 79.5 Å². The molecule has 0 aliphatic heterocycles. The Balaban J connectivity index is 0.000000135. The van der Waals surface area contributed by atoms with Gasteiger partial charge in [-0.15, -0.1) is 0 Å². The molecule has 0 radical (unpaired) electrons. The molecule has 143 heavy (non-hydrogen) atoms. The van der Waals surface area contributed by atoms with Crippen LogP contribution in [0, 0.1) is 34.6 Å². The number of carbonyl (C=O) groups excluding carboxylic acids is 5. The molecule has 0 atom stereocenters. The third-order valence-corrected chi connectivity index (χ3v) is 23.3. The van der Waals surface area contributed by atoms with E-state index in [1.54, 1.807) is 80.7 Å². The summed E-state index contributed by atoms with van der Waals surface area (Å²) in [5, 5.41) is 26.2. The Kier molecular flexibility index (Phi) is 31.2. The number of aromatic amines is 2. The molecule has 0 fully saturated rings. The van der Waals surface area contributed by atoms with Gasteiger partial charge in [0.25, 0.3) is 17.7 Å². The molecular weight excluding hydrogens is 1840 g/mol. The van der Waals surface area contributed by atoms with Gasteiger partial charge in [-0.1, -0.05) is 110 Å². The number of nitrogens with one attached hydrogen (secondary N) is 9. The number of benzene rings is 12. The number of aromatic nitrogens is 9. The van der Waals surface area contributed by atoms with Gasteiger partial charge >= 0.3 is 30.6 Å². The Bertz CT molecular complexity index is 7690. The van der Waals surface area contributed by atoms with E-state index in [0.717, 1.165) is 177 Å². The number of H-pyrrole nitrogens is 2. The molecule has 0 unspecified atom stereocenters. The van der Waals surface area contributed by atoms with Crippen LogP contribution < -0.4 is 42.0 Å². The van der Waals surface area contributed by atoms with Gasteiger partial charge in [-0.2, -0.15) is 39.5 Å². The van der Waals surface area contributed by atoms with Crippen molar-refractivity contribution in [2.24, 2.45) is 0 Å². The van der Waals surface area contributed by atoms with Gasteiger partial charge in [0.1, 0.15) is 11.3 Å². The topological polar surface area (TPSA) is 301 Å². The van der Waals surface area contributed by atoms with Crippen LogP contribution in [0.1, 0.15) is 101 Å². The summed E-state index contributed by atoms with van der Waals surface area (Å²) in [7, 11) is 1.62. The summed E-state index contributed by atoms with van der Waals surface area (Å²) in [5.41, 5.74) is 18.1. The molecule has 0 aliphatic carbocycles. The molecule has 0 bridgehead atoms. The number of anilines is 5. The minimum atomic E-state index is -4.52. The van der Waals surface area contributed by atoms with Crippen LogP contribution >= 0.6 is 0 Å². The highest BCUT2D eigenvalue weighted by molar-refractivity contribution is 6.07. The summed E-state index contributed by atoms with van der Waals surface area (Å²) in [6, 6.07) is 78.1. The maximum absolute atomic E-state index is 12.9. The Morgan fingerprint density at radius 2 is 0.804 bits per heavy atom. The number of amides is 7. The van der Waals surface area contributed by atoms with Crippen LogP contribution in [-0.2, 0) is 25.1 Å². The van der Waals surface area contributed by atoms with Crippen molar-refractivity contribution in [1.29, 1.82) is 0 Å². The average Bonchev–Trinajstić information content (AvgIpc) is 1.79. The first-order chi connectivity index (χ1) is 68.7. The number of carbonyl (C=O) groups is 5. The fourth-order valence-electron chi connectivity index (χ4n) is 15.5. The van der Waals surface area contributed by atoms with E-state index in [4.69, 9.17) is 4.74 Å². The number of imidazole rings is 1. The van der Waals surface area contributed by atoms with E-state index in [-0.39, 0.29) is 28.8 Å². The van der Waals surface area contributed by atoms with E-state index in [9.17, 15) is 63.5 Å². The van der Waals surface area contributed by atoms with E-state index in [0.29, 0.717) is 52.7 Å². The lowest BCUT2D eigenvalue weighted by molar-refractivity contribution is -0.138. The summed E-state index contributed by atoms with van der Waals surface area (Å²) in [6.45, 7) is 13.1. The smallest absolute Gasteiger partial charge is 0.416 e. The Labute approximate surface area is 815 Å². The van der Waals surface area contributed by atoms with Crippen LogP contribution in [0.5, 0.6) is 5.75 Å². The minimum Gasteiger partial charge on any atom is -0.496 e. The molecule has 19 rings (SSSR count). The van der Waals surface area contributed by atoms with Gasteiger partial charge in [0.05, 0.1) is 53.1 Å². The Morgan fingerprint density at radius 3 is 1.28 bits per heavy atom. The number of aryl methyl sites for hydroxylation is 5. The zero-order valence-electron chi connectivity index (χ0n) is 78.1. The standard InChI is InChI=1S/C25H23N3O2.C24H17F3N2O.C22H16F3N3O.C21H23N3O.C20H14F3N5O/c1-17-7-10-22(28-25(29)27-16-20-5-3-4-6-24(20)30-2)14-23(17)19-9-8-18-11-12-26-15-21(18)13-19;1-15-2-9-21(29-23(30)17-5-7-20(8-6-17)24(25,26)27)13-22(15)18-4-3-16-10-11-28-14-19(16)12-18;1-13-5-6-16(12-17(13)18-7-8-19-20(28-18)9-10-26-19)27-21(29)14-3-2-4-15(11-14)22(23,24)25;1-3-4-10-23-21(25)24-19-8-5-15(2)20(13-19)17-7-6-16-9-11-22-14-18(16)12-17;1-11-5-6-14(8-15(11)17-24-9-16-18(28-17)26-10-25-16)27-19(29)12-3-2-4-13(7-12)20(21,22)23/h3-15H,16H2,1-2H3,(H2,27,28,29);2-14H,1H3,(H,29,30);2-12,26H,1H3,(H,27,29);5-9,11-14H,3-4,10H2,1-2H3,(H2,23,24,25);2-10H,1H3,(H,27,29)(H,24,25,26,28). The van der Waals surface area contributed by atoms with Gasteiger partial charge < -0.3 is 51.9 Å². The fourth-order valence-corrected chi connectivity index (χ4v) is 15.5. The molecule has 0 saturated carbocycles. The lowest BCUT2D eigenvalue weighted by Gasteiger charge is -2.13. The van der Waals surface area contributed by atoms with Crippen LogP contribution in [0.3, 0.4) is 0 Å². The molecule has 12 aromatic carbocycles. The molecule has 31 heteroatoms. The van der Waals surface area contributed by atoms with E-state index in [2.05, 4.69) is 139 Å². The van der Waals surface area contributed by atoms with E-state index >= 15 is 0 Å². The van der Waals surface area contributed by atoms with Crippen molar-refractivity contribution in [3.63, 3.8) is 0 Å². The first-order valence-corrected chi connectivity index (χ1v) is 45.1. The third kappa shape index (κ3) is 25.8. The summed E-state index contributed by atoms with van der Waals surface area (Å²) in [4.78, 5) is 97.8. The van der Waals surface area contributed by atoms with Crippen LogP contribution in [0.2, 0.25) is 0 Å². The highest BCUT2D eigenvalue weighted by Crippen LogP contribution is 2.38. The van der Waals surface area contributed by atoms with Crippen molar-refractivity contribution in [2.75, 3.05) is 40.2 Å². The lowest BCUT2D eigenvalue weighted by Crippen LogP contribution is -2.29. The number of rotatable bonds is 19. The number of halogens is 9. The molecule has 0 spiro atoms. The maximum atomic E-state index is 12.9. The average molecular weight is 1930 g/mol. The van der Waals surface area contributed by atoms with Crippen LogP contribution in [0.4, 0.5) is 77.5 Å². The number of fused-ring (bicyclic) bond motifs is 5. The van der Waals surface area contributed by atoms with Crippen LogP contribution in [0.15, 0.2) is 335 Å². The third-order valence-electron chi connectivity index (χ3n) is 23.3. The number of hydrogen-bond donors (Lipinski definition) is 9. The number of alkyl halides is 9. The molecule has 720 valence electrons. The lowest BCUT2D eigenvalue weighted by atomic mass is 9.98. The van der Waals surface area contributed by atoms with Gasteiger partial charge in [-0.3, -0.25) is 29.3 Å². The van der Waals surface area contributed by atoms with Crippen LogP contribution in [0.25, 0.3) is 111 Å². The first-order valence-electron chi connectivity index (χ1n) is 45.1. The highest BCUT2D eigenvalue weighted by atomic mass is 19.4. The largest absolute Gasteiger partial charge is 0.496 e. The number of methoxy groups -OCH3 is 1. The van der Waals surface area contributed by atoms with E-state index in [1.807, 2.05) is 167 Å². The van der Waals surface area contributed by atoms with Gasteiger partial charge in [-0.25, -0.2) is 29.5 Å². The number of urea groups is 2. The zero-order chi connectivity index (χ0) is 101. The SMILES string of the molecule is CCCCNC(=O)Nc1ccc(C)c(-c2ccc3ccncc3c2)c1.COc1ccccc1CNC(=O)Nc1ccc(C)c(-c2ccc3ccncc3c2)c1.Cc1ccc(NC(=O)c2ccc(C(F)(F)F)cc2)cc1-c1ccc2ccncc2c1.Cc1ccc(NC(=O)c2cccc(C(F)(F)F)c2)cc1-c1ccc2[nH]ccc2n1.Cc1ccc(NC(=O)c2cccc(C(F)(F)F)c2)cc1-c1ncc2[nH]cnc2n1. The molecule has 7 aromatic heterocycles. The Hall–Kier alpha value is -17.8. The van der Waals surface area contributed by atoms with Crippen molar-refractivity contribution in [3.05, 3.63) is 402 Å². The molecule has 0 saturated heterocycles. The monoisotopic (exact) mass is 1930 g/mol. The molecule has 7 heterocycles. The molecule has 22 nitrogen and oxygen atoms in total. The van der Waals surface area contributed by atoms with Gasteiger partial charge in [0.2, 0.25) is 0 Å². The van der Waals surface area contributed by atoms with Crippen molar-refractivity contribution >= 4 is 113 Å². The van der Waals surface area contributed by atoms with Gasteiger partial charge in [0, 0.05) is 134 Å². The molecule has 19 aromatic rings. The molecule has 7 amide bonds. The van der Waals surface area contributed by atoms with Gasteiger partial charge in [0.15, 0.2) is 11.5 Å². The van der Waals surface area contributed by atoms with Crippen LogP contribution in [-0.4, -0.2) is 88.3 Å². The Morgan fingerprint density at radius 1 is 0.364 bits per heavy atom. The number of para-hydroxylation sites is 1. The second-order valence-corrected chi connectivity index (χ2v) is 33.4. The van der Waals surface area contributed by atoms with Crippen molar-refractivity contribution in [1.82, 2.24) is 55.5 Å². The summed E-state index contributed by atoms with van der Waals surface area (Å²) < 4.78 is 121. The predicted octanol–water partition coefficient (Wildman–Crippen LogP) is 27.6. The summed E-state index contributed by atoms with van der Waals surface area (Å²) >= 11 is 0. The number of unbranched alkanes of at least 4 members (excludes halogenated alkanes) is 1. The molecular formula is C112H93F9N16O6. The maximum Gasteiger partial charge on any atom is 0.416 e. The second-order valence-electron chi connectivity index (χ2n) is 33.4. The minimum absolute atomic E-state index is 0.0613. The zero-order valence-corrected chi connectivity index (χ0v) is 78.1. The summed E-state index contributed by atoms with van der Waals surface area (Å²) in [6.07, 6.45) is 4.38. The quantitative estimate of drug-likeness (QED) is 0.0269.